The first-order chi connectivity index (χ1) is 13.7. The van der Waals surface area contributed by atoms with E-state index in [1.54, 1.807) is 19.5 Å². The minimum absolute atomic E-state index is 0.0257. The summed E-state index contributed by atoms with van der Waals surface area (Å²) in [4.78, 5) is 25.6. The van der Waals surface area contributed by atoms with Gasteiger partial charge in [0.15, 0.2) is 0 Å². The predicted octanol–water partition coefficient (Wildman–Crippen LogP) is 1.88. The number of pyridine rings is 2. The SMILES string of the molecule is CCN1CCN(c2cc(CNC(=O)CCc3cncc(OC)c3)ccn2)CC1. The van der Waals surface area contributed by atoms with Crippen molar-refractivity contribution in [2.75, 3.05) is 44.7 Å². The normalized spacial score (nSPS) is 14.7. The van der Waals surface area contributed by atoms with Gasteiger partial charge in [0.05, 0.1) is 13.3 Å². The van der Waals surface area contributed by atoms with Crippen molar-refractivity contribution in [3.63, 3.8) is 0 Å². The molecule has 3 heterocycles. The second kappa shape index (κ2) is 10.0. The van der Waals surface area contributed by atoms with Crippen LogP contribution in [0.15, 0.2) is 36.8 Å². The lowest BCUT2D eigenvalue weighted by molar-refractivity contribution is -0.121. The third kappa shape index (κ3) is 5.66. The Morgan fingerprint density at radius 2 is 2.00 bits per heavy atom. The number of ether oxygens (including phenoxy) is 1. The zero-order valence-corrected chi connectivity index (χ0v) is 16.7. The van der Waals surface area contributed by atoms with Crippen molar-refractivity contribution >= 4 is 11.7 Å². The van der Waals surface area contributed by atoms with Crippen LogP contribution in [-0.4, -0.2) is 60.6 Å². The molecule has 0 unspecified atom stereocenters. The molecule has 2 aromatic rings. The third-order valence-corrected chi connectivity index (χ3v) is 5.09. The van der Waals surface area contributed by atoms with Gasteiger partial charge in [-0.2, -0.15) is 0 Å². The van der Waals surface area contributed by atoms with E-state index >= 15 is 0 Å². The van der Waals surface area contributed by atoms with Crippen LogP contribution in [0.5, 0.6) is 5.75 Å². The van der Waals surface area contributed by atoms with Gasteiger partial charge in [0.25, 0.3) is 0 Å². The molecule has 0 aromatic carbocycles. The van der Waals surface area contributed by atoms with Crippen LogP contribution in [0.3, 0.4) is 0 Å². The largest absolute Gasteiger partial charge is 0.495 e. The lowest BCUT2D eigenvalue weighted by atomic mass is 10.1. The smallest absolute Gasteiger partial charge is 0.220 e. The molecule has 1 fully saturated rings. The minimum atomic E-state index is 0.0257. The van der Waals surface area contributed by atoms with E-state index in [0.717, 1.165) is 49.7 Å². The van der Waals surface area contributed by atoms with E-state index in [1.165, 1.54) is 0 Å². The molecule has 0 spiro atoms. The number of nitrogens with zero attached hydrogens (tertiary/aromatic N) is 4. The quantitative estimate of drug-likeness (QED) is 0.751. The van der Waals surface area contributed by atoms with Crippen LogP contribution in [0.25, 0.3) is 0 Å². The Bertz CT molecular complexity index is 775. The highest BCUT2D eigenvalue weighted by Crippen LogP contribution is 2.15. The van der Waals surface area contributed by atoms with Crippen LogP contribution in [-0.2, 0) is 17.8 Å². The maximum Gasteiger partial charge on any atom is 0.220 e. The molecule has 0 bridgehead atoms. The van der Waals surface area contributed by atoms with E-state index in [0.29, 0.717) is 25.1 Å². The Hall–Kier alpha value is -2.67. The number of likely N-dealkylation sites (N-methyl/N-ethyl adjacent to an activating group) is 1. The zero-order valence-electron chi connectivity index (χ0n) is 16.7. The number of aromatic nitrogens is 2. The number of rotatable bonds is 8. The molecule has 1 amide bonds. The van der Waals surface area contributed by atoms with Gasteiger partial charge in [-0.3, -0.25) is 9.78 Å². The third-order valence-electron chi connectivity index (χ3n) is 5.09. The first kappa shape index (κ1) is 20.1. The van der Waals surface area contributed by atoms with Crippen LogP contribution in [0.1, 0.15) is 24.5 Å². The van der Waals surface area contributed by atoms with Crippen molar-refractivity contribution in [2.24, 2.45) is 0 Å². The summed E-state index contributed by atoms with van der Waals surface area (Å²) in [5.74, 6) is 1.73. The van der Waals surface area contributed by atoms with Crippen LogP contribution < -0.4 is 15.0 Å². The lowest BCUT2D eigenvalue weighted by Crippen LogP contribution is -2.46. The highest BCUT2D eigenvalue weighted by molar-refractivity contribution is 5.76. The van der Waals surface area contributed by atoms with E-state index in [2.05, 4.69) is 38.1 Å². The number of carbonyl (C=O) groups excluding carboxylic acids is 1. The van der Waals surface area contributed by atoms with Gasteiger partial charge in [-0.25, -0.2) is 4.98 Å². The number of hydrogen-bond acceptors (Lipinski definition) is 6. The number of aryl methyl sites for hydroxylation is 1. The molecule has 1 aliphatic rings. The molecular weight excluding hydrogens is 354 g/mol. The molecule has 150 valence electrons. The molecule has 3 rings (SSSR count). The number of hydrogen-bond donors (Lipinski definition) is 1. The molecule has 0 saturated carbocycles. The van der Waals surface area contributed by atoms with Crippen LogP contribution in [0.2, 0.25) is 0 Å². The highest BCUT2D eigenvalue weighted by atomic mass is 16.5. The summed E-state index contributed by atoms with van der Waals surface area (Å²) in [5.41, 5.74) is 2.06. The molecule has 2 aromatic heterocycles. The fourth-order valence-electron chi connectivity index (χ4n) is 3.30. The van der Waals surface area contributed by atoms with Crippen LogP contribution in [0, 0.1) is 0 Å². The summed E-state index contributed by atoms with van der Waals surface area (Å²) in [6, 6.07) is 5.94. The first-order valence-electron chi connectivity index (χ1n) is 9.84. The Morgan fingerprint density at radius 3 is 2.75 bits per heavy atom. The van der Waals surface area contributed by atoms with E-state index in [9.17, 15) is 4.79 Å². The van der Waals surface area contributed by atoms with Crippen LogP contribution in [0.4, 0.5) is 5.82 Å². The summed E-state index contributed by atoms with van der Waals surface area (Å²) in [5, 5.41) is 3.00. The van der Waals surface area contributed by atoms with E-state index in [-0.39, 0.29) is 5.91 Å². The fourth-order valence-corrected chi connectivity index (χ4v) is 3.30. The Labute approximate surface area is 166 Å². The molecular formula is C21H29N5O2. The second-order valence-corrected chi connectivity index (χ2v) is 6.95. The topological polar surface area (TPSA) is 70.6 Å². The number of nitrogens with one attached hydrogen (secondary N) is 1. The monoisotopic (exact) mass is 383 g/mol. The van der Waals surface area contributed by atoms with Crippen molar-refractivity contribution in [3.05, 3.63) is 47.9 Å². The molecule has 28 heavy (non-hydrogen) atoms. The first-order valence-corrected chi connectivity index (χ1v) is 9.84. The Balaban J connectivity index is 1.47. The molecule has 1 aliphatic heterocycles. The van der Waals surface area contributed by atoms with Crippen molar-refractivity contribution < 1.29 is 9.53 Å². The van der Waals surface area contributed by atoms with Gasteiger partial charge in [0, 0.05) is 51.5 Å². The van der Waals surface area contributed by atoms with Gasteiger partial charge in [-0.1, -0.05) is 6.92 Å². The molecule has 7 heteroatoms. The lowest BCUT2D eigenvalue weighted by Gasteiger charge is -2.34. The van der Waals surface area contributed by atoms with Crippen molar-refractivity contribution in [1.82, 2.24) is 20.2 Å². The number of anilines is 1. The van der Waals surface area contributed by atoms with Gasteiger partial charge in [-0.15, -0.1) is 0 Å². The Morgan fingerprint density at radius 1 is 1.18 bits per heavy atom. The van der Waals surface area contributed by atoms with Gasteiger partial charge in [-0.05, 0) is 42.3 Å². The number of amides is 1. The highest BCUT2D eigenvalue weighted by Gasteiger charge is 2.16. The van der Waals surface area contributed by atoms with Crippen molar-refractivity contribution in [1.29, 1.82) is 0 Å². The van der Waals surface area contributed by atoms with Crippen molar-refractivity contribution in [2.45, 2.75) is 26.3 Å². The summed E-state index contributed by atoms with van der Waals surface area (Å²) < 4.78 is 5.16. The maximum atomic E-state index is 12.2. The van der Waals surface area contributed by atoms with E-state index in [4.69, 9.17) is 4.74 Å². The molecule has 1 N–H and O–H groups in total. The summed E-state index contributed by atoms with van der Waals surface area (Å²) in [6.07, 6.45) is 6.31. The number of piperazine rings is 1. The van der Waals surface area contributed by atoms with Crippen molar-refractivity contribution in [3.8, 4) is 5.75 Å². The summed E-state index contributed by atoms with van der Waals surface area (Å²) in [6.45, 7) is 7.92. The molecule has 1 saturated heterocycles. The predicted molar refractivity (Wildman–Crippen MR) is 110 cm³/mol. The minimum Gasteiger partial charge on any atom is -0.495 e. The fraction of sp³-hybridized carbons (Fsp3) is 0.476. The van der Waals surface area contributed by atoms with Gasteiger partial charge in [0.1, 0.15) is 11.6 Å². The number of carbonyl (C=O) groups is 1. The number of methoxy groups -OCH3 is 1. The van der Waals surface area contributed by atoms with E-state index < -0.39 is 0 Å². The second-order valence-electron chi connectivity index (χ2n) is 6.95. The zero-order chi connectivity index (χ0) is 19.8. The molecule has 0 atom stereocenters. The van der Waals surface area contributed by atoms with Gasteiger partial charge < -0.3 is 19.9 Å². The average molecular weight is 383 g/mol. The van der Waals surface area contributed by atoms with Crippen LogP contribution >= 0.6 is 0 Å². The van der Waals surface area contributed by atoms with E-state index in [1.807, 2.05) is 18.3 Å². The molecule has 7 nitrogen and oxygen atoms in total. The van der Waals surface area contributed by atoms with Gasteiger partial charge >= 0.3 is 0 Å². The maximum absolute atomic E-state index is 12.2. The standard InChI is InChI=1S/C21H29N5O2/c1-3-25-8-10-26(11-9-25)20-13-18(6-7-23-20)15-24-21(27)5-4-17-12-19(28-2)16-22-14-17/h6-7,12-14,16H,3-5,8-11,15H2,1-2H3,(H,24,27). The summed E-state index contributed by atoms with van der Waals surface area (Å²) in [7, 11) is 1.61. The Kier molecular flexibility index (Phi) is 7.19. The average Bonchev–Trinajstić information content (AvgIpc) is 2.76. The molecule has 0 aliphatic carbocycles. The molecule has 0 radical (unpaired) electrons. The van der Waals surface area contributed by atoms with Gasteiger partial charge in [0.2, 0.25) is 5.91 Å². The summed E-state index contributed by atoms with van der Waals surface area (Å²) >= 11 is 0.